The first-order valence-electron chi connectivity index (χ1n) is 4.28. The molecule has 0 spiro atoms. The van der Waals surface area contributed by atoms with E-state index in [1.54, 1.807) is 6.07 Å². The number of aryl methyl sites for hydroxylation is 1. The molecule has 1 aromatic heterocycles. The fourth-order valence-electron chi connectivity index (χ4n) is 0.866. The summed E-state index contributed by atoms with van der Waals surface area (Å²) in [5.74, 6) is -1.22. The highest BCUT2D eigenvalue weighted by Crippen LogP contribution is 2.17. The van der Waals surface area contributed by atoms with Gasteiger partial charge in [-0.05, 0) is 23.9 Å². The normalized spacial score (nSPS) is 9.65. The van der Waals surface area contributed by atoms with Gasteiger partial charge in [0.25, 0.3) is 11.8 Å². The van der Waals surface area contributed by atoms with Gasteiger partial charge >= 0.3 is 0 Å². The van der Waals surface area contributed by atoms with Crippen LogP contribution in [-0.4, -0.2) is 11.8 Å². The van der Waals surface area contributed by atoms with Crippen molar-refractivity contribution in [3.8, 4) is 0 Å². The Hall–Kier alpha value is -0.750. The maximum Gasteiger partial charge on any atom is 0.283 e. The first-order valence-corrected chi connectivity index (χ1v) is 6.29. The molecule has 2 amide bonds. The summed E-state index contributed by atoms with van der Waals surface area (Å²) in [5, 5.41) is 1.43. The van der Waals surface area contributed by atoms with Gasteiger partial charge in [0.2, 0.25) is 0 Å². The Kier molecular flexibility index (Phi) is 5.27. The van der Waals surface area contributed by atoms with Gasteiger partial charge in [-0.3, -0.25) is 20.4 Å². The van der Waals surface area contributed by atoms with Crippen molar-refractivity contribution >= 4 is 58.0 Å². The van der Waals surface area contributed by atoms with E-state index in [0.29, 0.717) is 4.88 Å². The Bertz CT molecular complexity index is 480. The lowest BCUT2D eigenvalue weighted by Gasteiger charge is -2.05. The van der Waals surface area contributed by atoms with Crippen LogP contribution in [0, 0.1) is 6.92 Å². The van der Waals surface area contributed by atoms with E-state index >= 15 is 0 Å². The zero-order chi connectivity index (χ0) is 13.0. The molecular formula is C9H7Cl3N2O2S. The summed E-state index contributed by atoms with van der Waals surface area (Å²) in [7, 11) is 0. The smallest absolute Gasteiger partial charge is 0.266 e. The molecule has 1 rings (SSSR count). The van der Waals surface area contributed by atoms with Gasteiger partial charge in [0.15, 0.2) is 0 Å². The second-order valence-electron chi connectivity index (χ2n) is 2.97. The van der Waals surface area contributed by atoms with Crippen LogP contribution < -0.4 is 10.9 Å². The van der Waals surface area contributed by atoms with Crippen molar-refractivity contribution in [1.82, 2.24) is 10.9 Å². The van der Waals surface area contributed by atoms with E-state index < -0.39 is 16.8 Å². The molecule has 0 aliphatic rings. The van der Waals surface area contributed by atoms with Gasteiger partial charge in [-0.25, -0.2) is 0 Å². The highest BCUT2D eigenvalue weighted by atomic mass is 35.5. The Labute approximate surface area is 117 Å². The quantitative estimate of drug-likeness (QED) is 0.651. The fraction of sp³-hybridized carbons (Fsp3) is 0.111. The predicted octanol–water partition coefficient (Wildman–Crippen LogP) is 2.70. The first-order chi connectivity index (χ1) is 7.91. The van der Waals surface area contributed by atoms with E-state index in [2.05, 4.69) is 10.9 Å². The molecule has 1 heterocycles. The largest absolute Gasteiger partial charge is 0.283 e. The SMILES string of the molecule is Cc1csc(C(=O)NNC(=O)C(Cl)=C(Cl)Cl)c1. The number of thiophene rings is 1. The predicted molar refractivity (Wildman–Crippen MR) is 69.2 cm³/mol. The third-order valence-electron chi connectivity index (χ3n) is 1.61. The summed E-state index contributed by atoms with van der Waals surface area (Å²) < 4.78 is -0.370. The van der Waals surface area contributed by atoms with E-state index in [1.807, 2.05) is 12.3 Å². The van der Waals surface area contributed by atoms with Crippen molar-refractivity contribution in [2.75, 3.05) is 0 Å². The Morgan fingerprint density at radius 1 is 1.24 bits per heavy atom. The first kappa shape index (κ1) is 14.3. The van der Waals surface area contributed by atoms with Gasteiger partial charge in [-0.2, -0.15) is 0 Å². The number of rotatable bonds is 2. The second-order valence-corrected chi connectivity index (χ2v) is 5.21. The molecule has 0 unspecified atom stereocenters. The monoisotopic (exact) mass is 312 g/mol. The summed E-state index contributed by atoms with van der Waals surface area (Å²) in [6.07, 6.45) is 0. The van der Waals surface area contributed by atoms with Crippen LogP contribution in [0.2, 0.25) is 0 Å². The highest BCUT2D eigenvalue weighted by Gasteiger charge is 2.13. The molecule has 92 valence electrons. The van der Waals surface area contributed by atoms with Gasteiger partial charge < -0.3 is 0 Å². The van der Waals surface area contributed by atoms with Crippen molar-refractivity contribution in [2.45, 2.75) is 6.92 Å². The van der Waals surface area contributed by atoms with E-state index in [9.17, 15) is 9.59 Å². The van der Waals surface area contributed by atoms with Gasteiger partial charge in [0, 0.05) is 0 Å². The minimum atomic E-state index is -0.784. The summed E-state index contributed by atoms with van der Waals surface area (Å²) in [6, 6.07) is 1.69. The Morgan fingerprint density at radius 2 is 1.88 bits per heavy atom. The number of carbonyl (C=O) groups is 2. The van der Waals surface area contributed by atoms with Crippen molar-refractivity contribution in [2.24, 2.45) is 0 Å². The molecule has 0 radical (unpaired) electrons. The molecule has 0 bridgehead atoms. The number of hydrogen-bond donors (Lipinski definition) is 2. The zero-order valence-corrected chi connectivity index (χ0v) is 11.6. The number of halogens is 3. The van der Waals surface area contributed by atoms with Gasteiger partial charge in [0.1, 0.15) is 9.52 Å². The number of carbonyl (C=O) groups excluding carboxylic acids is 2. The summed E-state index contributed by atoms with van der Waals surface area (Å²) in [4.78, 5) is 23.2. The lowest BCUT2D eigenvalue weighted by Crippen LogP contribution is -2.41. The van der Waals surface area contributed by atoms with Gasteiger partial charge in [-0.15, -0.1) is 11.3 Å². The molecule has 0 aromatic carbocycles. The van der Waals surface area contributed by atoms with E-state index in [4.69, 9.17) is 34.8 Å². The molecule has 0 aliphatic carbocycles. The van der Waals surface area contributed by atoms with Crippen LogP contribution in [0.3, 0.4) is 0 Å². The van der Waals surface area contributed by atoms with Crippen molar-refractivity contribution in [3.63, 3.8) is 0 Å². The van der Waals surface area contributed by atoms with Crippen LogP contribution >= 0.6 is 46.1 Å². The van der Waals surface area contributed by atoms with E-state index in [-0.39, 0.29) is 4.49 Å². The van der Waals surface area contributed by atoms with Crippen molar-refractivity contribution in [1.29, 1.82) is 0 Å². The number of hydrogen-bond acceptors (Lipinski definition) is 3. The van der Waals surface area contributed by atoms with Gasteiger partial charge in [0.05, 0.1) is 4.88 Å². The van der Waals surface area contributed by atoms with Crippen LogP contribution in [0.4, 0.5) is 0 Å². The number of hydrazine groups is 1. The zero-order valence-electron chi connectivity index (χ0n) is 8.51. The molecule has 8 heteroatoms. The highest BCUT2D eigenvalue weighted by molar-refractivity contribution is 7.12. The third-order valence-corrected chi connectivity index (χ3v) is 3.59. The molecule has 0 atom stereocenters. The molecule has 0 saturated carbocycles. The van der Waals surface area contributed by atoms with Crippen LogP contribution in [0.5, 0.6) is 0 Å². The molecule has 4 nitrogen and oxygen atoms in total. The van der Waals surface area contributed by atoms with Crippen molar-refractivity contribution in [3.05, 3.63) is 31.4 Å². The number of nitrogens with one attached hydrogen (secondary N) is 2. The summed E-state index contributed by atoms with van der Waals surface area (Å²) in [6.45, 7) is 1.86. The van der Waals surface area contributed by atoms with Gasteiger partial charge in [-0.1, -0.05) is 34.8 Å². The average Bonchev–Trinajstić information content (AvgIpc) is 2.71. The number of amides is 2. The van der Waals surface area contributed by atoms with E-state index in [1.165, 1.54) is 11.3 Å². The fourth-order valence-corrected chi connectivity index (χ4v) is 1.88. The Balaban J connectivity index is 2.55. The maximum absolute atomic E-state index is 11.5. The lowest BCUT2D eigenvalue weighted by atomic mass is 10.3. The summed E-state index contributed by atoms with van der Waals surface area (Å²) >= 11 is 17.3. The molecule has 0 aliphatic heterocycles. The third kappa shape index (κ3) is 4.20. The molecule has 17 heavy (non-hydrogen) atoms. The van der Waals surface area contributed by atoms with Crippen LogP contribution in [-0.2, 0) is 4.79 Å². The molecule has 0 fully saturated rings. The maximum atomic E-state index is 11.5. The topological polar surface area (TPSA) is 58.2 Å². The van der Waals surface area contributed by atoms with Crippen molar-refractivity contribution < 1.29 is 9.59 Å². The lowest BCUT2D eigenvalue weighted by molar-refractivity contribution is -0.117. The Morgan fingerprint density at radius 3 is 2.35 bits per heavy atom. The summed E-state index contributed by atoms with van der Waals surface area (Å²) in [5.41, 5.74) is 5.23. The molecule has 1 aromatic rings. The molecular weight excluding hydrogens is 307 g/mol. The van der Waals surface area contributed by atoms with Crippen LogP contribution in [0.15, 0.2) is 21.0 Å². The van der Waals surface area contributed by atoms with Crippen LogP contribution in [0.25, 0.3) is 0 Å². The standard InChI is InChI=1S/C9H7Cl3N2O2S/c1-4-2-5(17-3-4)8(15)13-14-9(16)6(10)7(11)12/h2-3H,1H3,(H,13,15)(H,14,16). The van der Waals surface area contributed by atoms with E-state index in [0.717, 1.165) is 5.56 Å². The van der Waals surface area contributed by atoms with Crippen LogP contribution in [0.1, 0.15) is 15.2 Å². The second kappa shape index (κ2) is 6.26. The molecule has 2 N–H and O–H groups in total. The minimum Gasteiger partial charge on any atom is -0.266 e. The minimum absolute atomic E-state index is 0.370. The molecule has 0 saturated heterocycles. The average molecular weight is 314 g/mol.